The van der Waals surface area contributed by atoms with Crippen LogP contribution in [0.25, 0.3) is 0 Å². The molecule has 1 amide bonds. The molecule has 6 nitrogen and oxygen atoms in total. The van der Waals surface area contributed by atoms with E-state index in [1.54, 1.807) is 27.7 Å². The largest absolute Gasteiger partial charge is 0.465 e. The molecule has 2 aliphatic rings. The zero-order valence-electron chi connectivity index (χ0n) is 13.0. The third-order valence-electron chi connectivity index (χ3n) is 3.92. The summed E-state index contributed by atoms with van der Waals surface area (Å²) in [5.41, 5.74) is -0.601. The first-order chi connectivity index (χ1) is 9.74. The molecule has 0 spiro atoms. The first-order valence-corrected chi connectivity index (χ1v) is 7.44. The Labute approximate surface area is 124 Å². The summed E-state index contributed by atoms with van der Waals surface area (Å²) in [5, 5.41) is 0. The van der Waals surface area contributed by atoms with Crippen molar-refractivity contribution in [1.82, 2.24) is 4.90 Å². The molecule has 3 atom stereocenters. The molecule has 0 aromatic rings. The van der Waals surface area contributed by atoms with Crippen LogP contribution in [-0.4, -0.2) is 47.5 Å². The van der Waals surface area contributed by atoms with Crippen LogP contribution < -0.4 is 0 Å². The summed E-state index contributed by atoms with van der Waals surface area (Å²) in [6.07, 6.45) is 0.677. The van der Waals surface area contributed by atoms with Crippen LogP contribution in [0.5, 0.6) is 0 Å². The van der Waals surface area contributed by atoms with E-state index in [2.05, 4.69) is 0 Å². The average Bonchev–Trinajstić information content (AvgIpc) is 2.60. The van der Waals surface area contributed by atoms with Crippen molar-refractivity contribution in [3.05, 3.63) is 0 Å². The molecule has 2 fully saturated rings. The summed E-state index contributed by atoms with van der Waals surface area (Å²) >= 11 is 0. The maximum atomic E-state index is 12.4. The normalized spacial score (nSPS) is 28.5. The Kier molecular flexibility index (Phi) is 4.25. The summed E-state index contributed by atoms with van der Waals surface area (Å²) < 4.78 is 10.3. The van der Waals surface area contributed by atoms with Gasteiger partial charge in [-0.3, -0.25) is 14.5 Å². The molecule has 2 rings (SSSR count). The van der Waals surface area contributed by atoms with Crippen LogP contribution in [-0.2, 0) is 19.1 Å². The van der Waals surface area contributed by atoms with Crippen LogP contribution in [0.4, 0.5) is 4.79 Å². The molecular formula is C15H23NO5. The molecule has 1 aliphatic heterocycles. The standard InChI is InChI=1S/C15H23NO5/c1-5-20-13(18)11-9-6-7-16(10(8-9)12(11)17)14(19)21-15(2,3)4/h9-11H,5-8H2,1-4H3/t9-,10+,11?/m1/s1. The van der Waals surface area contributed by atoms with Crippen LogP contribution in [0.3, 0.4) is 0 Å². The minimum atomic E-state index is -0.720. The van der Waals surface area contributed by atoms with Gasteiger partial charge in [-0.15, -0.1) is 0 Å². The molecule has 118 valence electrons. The van der Waals surface area contributed by atoms with Gasteiger partial charge in [-0.1, -0.05) is 0 Å². The second-order valence-electron chi connectivity index (χ2n) is 6.61. The van der Waals surface area contributed by atoms with Crippen molar-refractivity contribution in [3.63, 3.8) is 0 Å². The number of carbonyl (C=O) groups is 3. The maximum Gasteiger partial charge on any atom is 0.410 e. The summed E-state index contributed by atoms with van der Waals surface area (Å²) in [6, 6.07) is -0.548. The molecule has 0 aromatic heterocycles. The van der Waals surface area contributed by atoms with E-state index in [0.29, 0.717) is 19.4 Å². The van der Waals surface area contributed by atoms with E-state index in [9.17, 15) is 14.4 Å². The van der Waals surface area contributed by atoms with Crippen molar-refractivity contribution >= 4 is 17.8 Å². The number of rotatable bonds is 2. The van der Waals surface area contributed by atoms with Crippen molar-refractivity contribution in [2.24, 2.45) is 11.8 Å². The summed E-state index contributed by atoms with van der Waals surface area (Å²) in [7, 11) is 0. The highest BCUT2D eigenvalue weighted by Crippen LogP contribution is 2.39. The van der Waals surface area contributed by atoms with Crippen LogP contribution in [0, 0.1) is 11.8 Å². The Morgan fingerprint density at radius 3 is 2.57 bits per heavy atom. The van der Waals surface area contributed by atoms with Crippen LogP contribution >= 0.6 is 0 Å². The number of fused-ring (bicyclic) bond motifs is 2. The summed E-state index contributed by atoms with van der Waals surface area (Å²) in [4.78, 5) is 38.0. The monoisotopic (exact) mass is 297 g/mol. The van der Waals surface area contributed by atoms with Crippen molar-refractivity contribution < 1.29 is 23.9 Å². The van der Waals surface area contributed by atoms with E-state index < -0.39 is 29.6 Å². The number of ketones is 1. The number of nitrogens with zero attached hydrogens (tertiary/aromatic N) is 1. The zero-order chi connectivity index (χ0) is 15.8. The van der Waals surface area contributed by atoms with Gasteiger partial charge in [0.15, 0.2) is 5.78 Å². The molecule has 1 aliphatic carbocycles. The molecule has 6 heteroatoms. The fourth-order valence-electron chi connectivity index (χ4n) is 3.08. The molecule has 1 heterocycles. The maximum absolute atomic E-state index is 12.4. The van der Waals surface area contributed by atoms with E-state index in [4.69, 9.17) is 9.47 Å². The molecule has 1 saturated heterocycles. The first-order valence-electron chi connectivity index (χ1n) is 7.44. The smallest absolute Gasteiger partial charge is 0.410 e. The third kappa shape index (κ3) is 3.19. The average molecular weight is 297 g/mol. The van der Waals surface area contributed by atoms with Crippen LogP contribution in [0.1, 0.15) is 40.5 Å². The molecule has 0 radical (unpaired) electrons. The molecule has 21 heavy (non-hydrogen) atoms. The fourth-order valence-corrected chi connectivity index (χ4v) is 3.08. The van der Waals surface area contributed by atoms with Gasteiger partial charge in [-0.25, -0.2) is 4.79 Å². The predicted octanol–water partition coefficient (Wildman–Crippen LogP) is 1.76. The summed E-state index contributed by atoms with van der Waals surface area (Å²) in [5.74, 6) is -1.40. The number of amides is 1. The van der Waals surface area contributed by atoms with E-state index in [1.807, 2.05) is 0 Å². The lowest BCUT2D eigenvalue weighted by Crippen LogP contribution is -2.47. The predicted molar refractivity (Wildman–Crippen MR) is 74.6 cm³/mol. The Bertz CT molecular complexity index is 453. The Morgan fingerprint density at radius 2 is 2.00 bits per heavy atom. The zero-order valence-corrected chi connectivity index (χ0v) is 13.0. The second kappa shape index (κ2) is 5.66. The Balaban J connectivity index is 2.10. The number of esters is 1. The van der Waals surface area contributed by atoms with Gasteiger partial charge < -0.3 is 9.47 Å². The van der Waals surface area contributed by atoms with E-state index in [-0.39, 0.29) is 18.3 Å². The van der Waals surface area contributed by atoms with Crippen LogP contribution in [0.2, 0.25) is 0 Å². The number of piperidine rings is 1. The Hall–Kier alpha value is -1.59. The van der Waals surface area contributed by atoms with Crippen LogP contribution in [0.15, 0.2) is 0 Å². The number of hydrogen-bond acceptors (Lipinski definition) is 5. The van der Waals surface area contributed by atoms with Gasteiger partial charge in [0, 0.05) is 6.54 Å². The minimum absolute atomic E-state index is 0.0137. The van der Waals surface area contributed by atoms with E-state index in [0.717, 1.165) is 0 Å². The lowest BCUT2D eigenvalue weighted by Gasteiger charge is -2.33. The number of Topliss-reactive ketones (excluding diaryl/α,β-unsaturated/α-hetero) is 1. The first kappa shape index (κ1) is 15.8. The highest BCUT2D eigenvalue weighted by molar-refractivity contribution is 6.05. The van der Waals surface area contributed by atoms with E-state index >= 15 is 0 Å². The molecule has 1 saturated carbocycles. The number of ether oxygens (including phenoxy) is 2. The van der Waals surface area contributed by atoms with Crippen molar-refractivity contribution in [2.45, 2.75) is 52.2 Å². The third-order valence-corrected chi connectivity index (χ3v) is 3.92. The second-order valence-corrected chi connectivity index (χ2v) is 6.61. The van der Waals surface area contributed by atoms with Gasteiger partial charge in [-0.05, 0) is 46.5 Å². The molecule has 0 N–H and O–H groups in total. The van der Waals surface area contributed by atoms with Crippen molar-refractivity contribution in [1.29, 1.82) is 0 Å². The van der Waals surface area contributed by atoms with Gasteiger partial charge in [0.25, 0.3) is 0 Å². The molecule has 2 bridgehead atoms. The highest BCUT2D eigenvalue weighted by atomic mass is 16.6. The SMILES string of the molecule is CCOC(=O)C1C(=O)[C@@H]2C[C@H]1CCN2C(=O)OC(C)(C)C. The lowest BCUT2D eigenvalue weighted by molar-refractivity contribution is -0.152. The van der Waals surface area contributed by atoms with Gasteiger partial charge in [0.05, 0.1) is 12.6 Å². The highest BCUT2D eigenvalue weighted by Gasteiger charge is 2.53. The lowest BCUT2D eigenvalue weighted by atomic mass is 9.92. The van der Waals surface area contributed by atoms with Crippen molar-refractivity contribution in [3.8, 4) is 0 Å². The number of likely N-dealkylation sites (tertiary alicyclic amines) is 1. The molecule has 0 aromatic carbocycles. The fraction of sp³-hybridized carbons (Fsp3) is 0.800. The quantitative estimate of drug-likeness (QED) is 0.573. The topological polar surface area (TPSA) is 72.9 Å². The number of carbonyl (C=O) groups excluding carboxylic acids is 3. The minimum Gasteiger partial charge on any atom is -0.465 e. The van der Waals surface area contributed by atoms with E-state index in [1.165, 1.54) is 4.90 Å². The van der Waals surface area contributed by atoms with Gasteiger partial charge in [0.1, 0.15) is 11.5 Å². The van der Waals surface area contributed by atoms with Gasteiger partial charge in [0.2, 0.25) is 0 Å². The molecule has 1 unspecified atom stereocenters. The van der Waals surface area contributed by atoms with Gasteiger partial charge in [-0.2, -0.15) is 0 Å². The van der Waals surface area contributed by atoms with Gasteiger partial charge >= 0.3 is 12.1 Å². The van der Waals surface area contributed by atoms with Crippen molar-refractivity contribution in [2.75, 3.05) is 13.2 Å². The summed E-state index contributed by atoms with van der Waals surface area (Å²) in [6.45, 7) is 7.79. The Morgan fingerprint density at radius 1 is 1.33 bits per heavy atom. The molecular weight excluding hydrogens is 274 g/mol. The number of hydrogen-bond donors (Lipinski definition) is 0.